The minimum atomic E-state index is 0.614. The van der Waals surface area contributed by atoms with Crippen molar-refractivity contribution in [1.82, 2.24) is 5.32 Å². The van der Waals surface area contributed by atoms with Crippen LogP contribution in [0.15, 0.2) is 64.4 Å². The summed E-state index contributed by atoms with van der Waals surface area (Å²) in [6.07, 6.45) is 1.18. The minimum Gasteiger partial charge on any atom is -0.320 e. The van der Waals surface area contributed by atoms with Crippen LogP contribution < -0.4 is 5.32 Å². The van der Waals surface area contributed by atoms with E-state index in [1.807, 2.05) is 18.8 Å². The lowest BCUT2D eigenvalue weighted by molar-refractivity contribution is 0.636. The normalized spacial score (nSPS) is 12.3. The number of benzene rings is 2. The van der Waals surface area contributed by atoms with Crippen LogP contribution in [0.1, 0.15) is 24.8 Å². The Hall–Kier alpha value is -1.25. The van der Waals surface area contributed by atoms with E-state index >= 15 is 0 Å². The molecule has 0 spiro atoms. The number of hydrogen-bond donors (Lipinski definition) is 1. The zero-order valence-electron chi connectivity index (χ0n) is 11.6. The van der Waals surface area contributed by atoms with Gasteiger partial charge in [0, 0.05) is 9.79 Å². The van der Waals surface area contributed by atoms with Crippen molar-refractivity contribution >= 4 is 11.8 Å². The van der Waals surface area contributed by atoms with Gasteiger partial charge in [0.2, 0.25) is 0 Å². The Balaban J connectivity index is 1.98. The molecule has 100 valence electrons. The van der Waals surface area contributed by atoms with Crippen molar-refractivity contribution in [2.45, 2.75) is 29.1 Å². The van der Waals surface area contributed by atoms with Crippen molar-refractivity contribution in [2.24, 2.45) is 0 Å². The Bertz CT molecular complexity index is 478. The molecule has 0 aromatic heterocycles. The second-order valence-electron chi connectivity index (χ2n) is 4.78. The first-order valence-electron chi connectivity index (χ1n) is 6.77. The van der Waals surface area contributed by atoms with Crippen LogP contribution in [-0.2, 0) is 0 Å². The lowest BCUT2D eigenvalue weighted by Crippen LogP contribution is -2.10. The smallest absolute Gasteiger partial charge is 0.0122 e. The molecule has 0 saturated heterocycles. The molecule has 2 heteroatoms. The van der Waals surface area contributed by atoms with Crippen LogP contribution in [0, 0.1) is 0 Å². The molecule has 0 aliphatic rings. The van der Waals surface area contributed by atoms with Crippen molar-refractivity contribution in [3.05, 3.63) is 60.2 Å². The van der Waals surface area contributed by atoms with Crippen molar-refractivity contribution < 1.29 is 0 Å². The highest BCUT2D eigenvalue weighted by atomic mass is 32.2. The molecule has 0 heterocycles. The molecule has 0 saturated carbocycles. The molecule has 2 aromatic rings. The van der Waals surface area contributed by atoms with E-state index in [9.17, 15) is 0 Å². The minimum absolute atomic E-state index is 0.614. The predicted octanol–water partition coefficient (Wildman–Crippen LogP) is 4.55. The van der Waals surface area contributed by atoms with Crippen LogP contribution in [0.3, 0.4) is 0 Å². The van der Waals surface area contributed by atoms with Gasteiger partial charge in [0.05, 0.1) is 0 Å². The van der Waals surface area contributed by atoms with Gasteiger partial charge in [-0.1, -0.05) is 49.0 Å². The summed E-state index contributed by atoms with van der Waals surface area (Å²) in [5, 5.41) is 3.21. The highest BCUT2D eigenvalue weighted by Gasteiger charge is 2.05. The van der Waals surface area contributed by atoms with Gasteiger partial charge in [0.25, 0.3) is 0 Å². The van der Waals surface area contributed by atoms with E-state index in [-0.39, 0.29) is 0 Å². The number of rotatable bonds is 6. The first kappa shape index (κ1) is 14.2. The molecule has 1 unspecified atom stereocenters. The molecule has 1 atom stereocenters. The van der Waals surface area contributed by atoms with Crippen LogP contribution >= 0.6 is 11.8 Å². The molecule has 1 nitrogen and oxygen atoms in total. The van der Waals surface area contributed by atoms with E-state index in [1.165, 1.54) is 21.8 Å². The number of nitrogens with one attached hydrogen (secondary N) is 1. The summed E-state index contributed by atoms with van der Waals surface area (Å²) in [7, 11) is 2.01. The molecule has 0 radical (unpaired) electrons. The highest BCUT2D eigenvalue weighted by Crippen LogP contribution is 2.29. The van der Waals surface area contributed by atoms with Crippen LogP contribution in [-0.4, -0.2) is 13.6 Å². The van der Waals surface area contributed by atoms with Gasteiger partial charge < -0.3 is 5.32 Å². The highest BCUT2D eigenvalue weighted by molar-refractivity contribution is 7.99. The molecule has 1 N–H and O–H groups in total. The van der Waals surface area contributed by atoms with E-state index < -0.39 is 0 Å². The summed E-state index contributed by atoms with van der Waals surface area (Å²) >= 11 is 1.81. The Morgan fingerprint density at radius 1 is 0.947 bits per heavy atom. The standard InChI is InChI=1S/C17H21NS/c1-14(12-13-18-2)15-8-10-17(11-9-15)19-16-6-4-3-5-7-16/h3-11,14,18H,12-13H2,1-2H3. The fourth-order valence-electron chi connectivity index (χ4n) is 2.02. The maximum absolute atomic E-state index is 3.21. The van der Waals surface area contributed by atoms with Crippen molar-refractivity contribution in [3.63, 3.8) is 0 Å². The van der Waals surface area contributed by atoms with E-state index in [0.29, 0.717) is 5.92 Å². The zero-order valence-corrected chi connectivity index (χ0v) is 12.4. The summed E-state index contributed by atoms with van der Waals surface area (Å²) in [6, 6.07) is 19.5. The molecule has 2 aromatic carbocycles. The summed E-state index contributed by atoms with van der Waals surface area (Å²) < 4.78 is 0. The Morgan fingerprint density at radius 2 is 1.58 bits per heavy atom. The summed E-state index contributed by atoms with van der Waals surface area (Å²) in [5.74, 6) is 0.614. The Kier molecular flexibility index (Phi) is 5.49. The average Bonchev–Trinajstić information content (AvgIpc) is 2.46. The maximum atomic E-state index is 3.21. The number of hydrogen-bond acceptors (Lipinski definition) is 2. The molecule has 2 rings (SSSR count). The van der Waals surface area contributed by atoms with E-state index in [2.05, 4.69) is 66.8 Å². The predicted molar refractivity (Wildman–Crippen MR) is 84.0 cm³/mol. The summed E-state index contributed by atoms with van der Waals surface area (Å²) in [6.45, 7) is 3.36. The molecular weight excluding hydrogens is 250 g/mol. The largest absolute Gasteiger partial charge is 0.320 e. The van der Waals surface area contributed by atoms with Gasteiger partial charge in [0.1, 0.15) is 0 Å². The van der Waals surface area contributed by atoms with Gasteiger partial charge in [-0.2, -0.15) is 0 Å². The fourth-order valence-corrected chi connectivity index (χ4v) is 2.85. The molecule has 19 heavy (non-hydrogen) atoms. The van der Waals surface area contributed by atoms with Gasteiger partial charge in [-0.25, -0.2) is 0 Å². The van der Waals surface area contributed by atoms with E-state index in [4.69, 9.17) is 0 Å². The zero-order chi connectivity index (χ0) is 13.5. The Morgan fingerprint density at radius 3 is 2.21 bits per heavy atom. The molecule has 0 bridgehead atoms. The van der Waals surface area contributed by atoms with Crippen molar-refractivity contribution in [1.29, 1.82) is 0 Å². The van der Waals surface area contributed by atoms with Gasteiger partial charge in [-0.05, 0) is 55.8 Å². The van der Waals surface area contributed by atoms with Crippen LogP contribution in [0.5, 0.6) is 0 Å². The van der Waals surface area contributed by atoms with Gasteiger partial charge in [0.15, 0.2) is 0 Å². The van der Waals surface area contributed by atoms with Gasteiger partial charge in [-0.15, -0.1) is 0 Å². The topological polar surface area (TPSA) is 12.0 Å². The average molecular weight is 271 g/mol. The van der Waals surface area contributed by atoms with E-state index in [1.54, 1.807) is 0 Å². The first-order chi connectivity index (χ1) is 9.29. The lowest BCUT2D eigenvalue weighted by Gasteiger charge is -2.12. The van der Waals surface area contributed by atoms with Crippen LogP contribution in [0.4, 0.5) is 0 Å². The molecule has 0 fully saturated rings. The Labute approximate surface area is 120 Å². The third kappa shape index (κ3) is 4.41. The second-order valence-corrected chi connectivity index (χ2v) is 5.92. The quantitative estimate of drug-likeness (QED) is 0.827. The van der Waals surface area contributed by atoms with Crippen molar-refractivity contribution in [2.75, 3.05) is 13.6 Å². The summed E-state index contributed by atoms with van der Waals surface area (Å²) in [4.78, 5) is 2.59. The molecular formula is C17H21NS. The van der Waals surface area contributed by atoms with Gasteiger partial charge in [-0.3, -0.25) is 0 Å². The van der Waals surface area contributed by atoms with Crippen LogP contribution in [0.25, 0.3) is 0 Å². The SMILES string of the molecule is CNCCC(C)c1ccc(Sc2ccccc2)cc1. The van der Waals surface area contributed by atoms with Gasteiger partial charge >= 0.3 is 0 Å². The lowest BCUT2D eigenvalue weighted by atomic mass is 9.98. The monoisotopic (exact) mass is 271 g/mol. The van der Waals surface area contributed by atoms with Crippen LogP contribution in [0.2, 0.25) is 0 Å². The third-order valence-electron chi connectivity index (χ3n) is 3.26. The molecule has 0 aliphatic heterocycles. The maximum Gasteiger partial charge on any atom is 0.0122 e. The van der Waals surface area contributed by atoms with E-state index in [0.717, 1.165) is 6.54 Å². The molecule has 0 amide bonds. The fraction of sp³-hybridized carbons (Fsp3) is 0.294. The second kappa shape index (κ2) is 7.37. The molecule has 0 aliphatic carbocycles. The summed E-state index contributed by atoms with van der Waals surface area (Å²) in [5.41, 5.74) is 1.42. The first-order valence-corrected chi connectivity index (χ1v) is 7.58. The van der Waals surface area contributed by atoms with Crippen molar-refractivity contribution in [3.8, 4) is 0 Å². The third-order valence-corrected chi connectivity index (χ3v) is 4.27.